The predicted octanol–water partition coefficient (Wildman–Crippen LogP) is 2.06. The molecule has 0 aliphatic heterocycles. The number of H-pyrrole nitrogens is 1. The zero-order chi connectivity index (χ0) is 11.0. The lowest BCUT2D eigenvalue weighted by atomic mass is 10.0. The van der Waals surface area contributed by atoms with Crippen LogP contribution < -0.4 is 0 Å². The molecule has 0 aliphatic rings. The van der Waals surface area contributed by atoms with Gasteiger partial charge in [-0.25, -0.2) is 0 Å². The van der Waals surface area contributed by atoms with E-state index in [1.165, 1.54) is 0 Å². The first-order chi connectivity index (χ1) is 7.11. The van der Waals surface area contributed by atoms with Gasteiger partial charge in [-0.2, -0.15) is 5.10 Å². The molecule has 1 aromatic heterocycles. The topological polar surface area (TPSA) is 66.0 Å². The molecule has 1 unspecified atom stereocenters. The van der Waals surface area contributed by atoms with Crippen LogP contribution in [0, 0.1) is 6.92 Å². The van der Waals surface area contributed by atoms with Gasteiger partial charge in [0.1, 0.15) is 0 Å². The van der Waals surface area contributed by atoms with E-state index in [2.05, 4.69) is 10.2 Å². The lowest BCUT2D eigenvalue weighted by molar-refractivity contribution is -0.138. The van der Waals surface area contributed by atoms with Crippen molar-refractivity contribution in [1.29, 1.82) is 0 Å². The fourth-order valence-electron chi connectivity index (χ4n) is 1.71. The summed E-state index contributed by atoms with van der Waals surface area (Å²) in [6.45, 7) is 3.61. The SMILES string of the molecule is Cc1cccc2n[nH]c(C(C)C(=O)O)c12. The fraction of sp³-hybridized carbons (Fsp3) is 0.273. The van der Waals surface area contributed by atoms with Crippen molar-refractivity contribution in [2.45, 2.75) is 19.8 Å². The standard InChI is InChI=1S/C11H12N2O2/c1-6-4-3-5-8-9(6)10(13-12-8)7(2)11(14)15/h3-5,7H,1-2H3,(H,12,13)(H,14,15). The van der Waals surface area contributed by atoms with Crippen LogP contribution in [0.2, 0.25) is 0 Å². The Morgan fingerprint density at radius 1 is 1.53 bits per heavy atom. The summed E-state index contributed by atoms with van der Waals surface area (Å²) in [7, 11) is 0. The van der Waals surface area contributed by atoms with Crippen molar-refractivity contribution in [3.63, 3.8) is 0 Å². The van der Waals surface area contributed by atoms with Crippen LogP contribution >= 0.6 is 0 Å². The maximum Gasteiger partial charge on any atom is 0.312 e. The Hall–Kier alpha value is -1.84. The van der Waals surface area contributed by atoms with E-state index in [9.17, 15) is 4.79 Å². The number of carboxylic acids is 1. The molecule has 0 bridgehead atoms. The van der Waals surface area contributed by atoms with E-state index in [4.69, 9.17) is 5.11 Å². The minimum Gasteiger partial charge on any atom is -0.481 e. The van der Waals surface area contributed by atoms with Gasteiger partial charge in [-0.15, -0.1) is 0 Å². The Balaban J connectivity index is 2.67. The molecule has 0 amide bonds. The summed E-state index contributed by atoms with van der Waals surface area (Å²) in [6.07, 6.45) is 0. The summed E-state index contributed by atoms with van der Waals surface area (Å²) in [5.41, 5.74) is 2.54. The third kappa shape index (κ3) is 1.48. The molecule has 4 nitrogen and oxygen atoms in total. The number of carbonyl (C=O) groups is 1. The minimum absolute atomic E-state index is 0.559. The highest BCUT2D eigenvalue weighted by Gasteiger charge is 2.19. The molecule has 2 N–H and O–H groups in total. The second kappa shape index (κ2) is 3.38. The van der Waals surface area contributed by atoms with Gasteiger partial charge >= 0.3 is 5.97 Å². The van der Waals surface area contributed by atoms with Crippen molar-refractivity contribution in [2.75, 3.05) is 0 Å². The summed E-state index contributed by atoms with van der Waals surface area (Å²) in [4.78, 5) is 10.9. The summed E-state index contributed by atoms with van der Waals surface area (Å²) in [6, 6.07) is 5.74. The number of hydrogen-bond donors (Lipinski definition) is 2. The molecule has 2 aromatic rings. The number of benzene rings is 1. The number of hydrogen-bond acceptors (Lipinski definition) is 2. The minimum atomic E-state index is -0.844. The largest absolute Gasteiger partial charge is 0.481 e. The van der Waals surface area contributed by atoms with Crippen LogP contribution in [0.1, 0.15) is 24.1 Å². The normalized spacial score (nSPS) is 12.9. The van der Waals surface area contributed by atoms with E-state index in [0.29, 0.717) is 5.69 Å². The molecule has 78 valence electrons. The number of aryl methyl sites for hydroxylation is 1. The summed E-state index contributed by atoms with van der Waals surface area (Å²) < 4.78 is 0. The van der Waals surface area contributed by atoms with Gasteiger partial charge in [-0.05, 0) is 25.5 Å². The first-order valence-corrected chi connectivity index (χ1v) is 4.77. The molecule has 15 heavy (non-hydrogen) atoms. The molecular weight excluding hydrogens is 192 g/mol. The average Bonchev–Trinajstić information content (AvgIpc) is 2.61. The Bertz CT molecular complexity index is 516. The lowest BCUT2D eigenvalue weighted by Gasteiger charge is -2.04. The highest BCUT2D eigenvalue weighted by molar-refractivity contribution is 5.89. The molecule has 0 fully saturated rings. The smallest absolute Gasteiger partial charge is 0.312 e. The first kappa shape index (κ1) is 9.71. The number of carboxylic acid groups (broad SMARTS) is 1. The van der Waals surface area contributed by atoms with Gasteiger partial charge < -0.3 is 5.11 Å². The second-order valence-corrected chi connectivity index (χ2v) is 3.67. The first-order valence-electron chi connectivity index (χ1n) is 4.77. The third-order valence-corrected chi connectivity index (χ3v) is 2.62. The Morgan fingerprint density at radius 3 is 2.93 bits per heavy atom. The predicted molar refractivity (Wildman–Crippen MR) is 56.9 cm³/mol. The van der Waals surface area contributed by atoms with Crippen LogP contribution in [-0.4, -0.2) is 21.3 Å². The van der Waals surface area contributed by atoms with Crippen LogP contribution in [0.3, 0.4) is 0 Å². The fourth-order valence-corrected chi connectivity index (χ4v) is 1.71. The van der Waals surface area contributed by atoms with Gasteiger partial charge in [0.2, 0.25) is 0 Å². The quantitative estimate of drug-likeness (QED) is 0.786. The van der Waals surface area contributed by atoms with E-state index in [1.54, 1.807) is 6.92 Å². The van der Waals surface area contributed by atoms with Crippen LogP contribution in [0.5, 0.6) is 0 Å². The Morgan fingerprint density at radius 2 is 2.27 bits per heavy atom. The number of nitrogens with zero attached hydrogens (tertiary/aromatic N) is 1. The third-order valence-electron chi connectivity index (χ3n) is 2.62. The monoisotopic (exact) mass is 204 g/mol. The van der Waals surface area contributed by atoms with Crippen molar-refractivity contribution < 1.29 is 9.90 Å². The number of aliphatic carboxylic acids is 1. The number of rotatable bonds is 2. The van der Waals surface area contributed by atoms with Gasteiger partial charge in [0.15, 0.2) is 0 Å². The van der Waals surface area contributed by atoms with Crippen LogP contribution in [-0.2, 0) is 4.79 Å². The zero-order valence-corrected chi connectivity index (χ0v) is 8.61. The number of fused-ring (bicyclic) bond motifs is 1. The number of aromatic amines is 1. The highest BCUT2D eigenvalue weighted by atomic mass is 16.4. The number of nitrogens with one attached hydrogen (secondary N) is 1. The summed E-state index contributed by atoms with van der Waals surface area (Å²) >= 11 is 0. The Kier molecular flexibility index (Phi) is 2.19. The van der Waals surface area contributed by atoms with Gasteiger partial charge in [0.05, 0.1) is 17.1 Å². The molecule has 0 spiro atoms. The molecule has 4 heteroatoms. The van der Waals surface area contributed by atoms with Gasteiger partial charge in [-0.3, -0.25) is 9.89 Å². The zero-order valence-electron chi connectivity index (χ0n) is 8.61. The molecule has 1 atom stereocenters. The maximum atomic E-state index is 10.9. The molecule has 2 rings (SSSR count). The van der Waals surface area contributed by atoms with E-state index < -0.39 is 11.9 Å². The van der Waals surface area contributed by atoms with Crippen molar-refractivity contribution in [1.82, 2.24) is 10.2 Å². The molecule has 0 saturated heterocycles. The Labute approximate surface area is 86.9 Å². The van der Waals surface area contributed by atoms with Crippen LogP contribution in [0.25, 0.3) is 10.9 Å². The highest BCUT2D eigenvalue weighted by Crippen LogP contribution is 2.25. The van der Waals surface area contributed by atoms with E-state index >= 15 is 0 Å². The van der Waals surface area contributed by atoms with Crippen LogP contribution in [0.15, 0.2) is 18.2 Å². The van der Waals surface area contributed by atoms with E-state index in [1.807, 2.05) is 25.1 Å². The van der Waals surface area contributed by atoms with Gasteiger partial charge in [0, 0.05) is 5.39 Å². The van der Waals surface area contributed by atoms with Crippen LogP contribution in [0.4, 0.5) is 0 Å². The van der Waals surface area contributed by atoms with Gasteiger partial charge in [0.25, 0.3) is 0 Å². The molecule has 0 saturated carbocycles. The van der Waals surface area contributed by atoms with Crippen molar-refractivity contribution in [3.8, 4) is 0 Å². The molecule has 0 aliphatic carbocycles. The van der Waals surface area contributed by atoms with Crippen molar-refractivity contribution in [3.05, 3.63) is 29.5 Å². The summed E-state index contributed by atoms with van der Waals surface area (Å²) in [5, 5.41) is 16.8. The van der Waals surface area contributed by atoms with E-state index in [0.717, 1.165) is 16.5 Å². The number of aromatic nitrogens is 2. The average molecular weight is 204 g/mol. The lowest BCUT2D eigenvalue weighted by Crippen LogP contribution is -2.08. The molecule has 1 heterocycles. The van der Waals surface area contributed by atoms with Gasteiger partial charge in [-0.1, -0.05) is 12.1 Å². The maximum absolute atomic E-state index is 10.9. The van der Waals surface area contributed by atoms with Crippen molar-refractivity contribution in [2.24, 2.45) is 0 Å². The molecule has 0 radical (unpaired) electrons. The molecular formula is C11H12N2O2. The summed E-state index contributed by atoms with van der Waals surface area (Å²) in [5.74, 6) is -1.40. The van der Waals surface area contributed by atoms with Crippen molar-refractivity contribution >= 4 is 16.9 Å². The second-order valence-electron chi connectivity index (χ2n) is 3.67. The molecule has 1 aromatic carbocycles. The van der Waals surface area contributed by atoms with E-state index in [-0.39, 0.29) is 0 Å².